The number of benzene rings is 2. The summed E-state index contributed by atoms with van der Waals surface area (Å²) in [4.78, 5) is 23.4. The molecule has 0 heterocycles. The van der Waals surface area contributed by atoms with Crippen molar-refractivity contribution in [1.82, 2.24) is 5.43 Å². The summed E-state index contributed by atoms with van der Waals surface area (Å²) in [5.41, 5.74) is 5.80. The highest BCUT2D eigenvalue weighted by Gasteiger charge is 2.05. The standard InChI is InChI=1S/C21H23ClN2O3/c1-3-27-20(25)6-4-5-16-7-9-17(10-8-16)15(2)23-24-21(26)18-11-13-19(22)14-12-18/h7-14H,3-6H2,1-2H3,(H,24,26). The van der Waals surface area contributed by atoms with Crippen LogP contribution in [-0.4, -0.2) is 24.2 Å². The smallest absolute Gasteiger partial charge is 0.305 e. The number of ether oxygens (including phenoxy) is 1. The molecule has 0 saturated carbocycles. The third kappa shape index (κ3) is 6.87. The first-order valence-corrected chi connectivity index (χ1v) is 9.22. The fourth-order valence-electron chi connectivity index (χ4n) is 2.45. The minimum atomic E-state index is -0.290. The number of esters is 1. The van der Waals surface area contributed by atoms with E-state index >= 15 is 0 Å². The summed E-state index contributed by atoms with van der Waals surface area (Å²) in [5, 5.41) is 4.73. The predicted octanol–water partition coefficient (Wildman–Crippen LogP) is 4.38. The number of amides is 1. The van der Waals surface area contributed by atoms with Crippen molar-refractivity contribution in [2.75, 3.05) is 6.61 Å². The zero-order chi connectivity index (χ0) is 19.6. The van der Waals surface area contributed by atoms with E-state index in [2.05, 4.69) is 10.5 Å². The van der Waals surface area contributed by atoms with Crippen LogP contribution >= 0.6 is 11.6 Å². The second-order valence-corrected chi connectivity index (χ2v) is 6.44. The second-order valence-electron chi connectivity index (χ2n) is 6.00. The van der Waals surface area contributed by atoms with Gasteiger partial charge in [-0.3, -0.25) is 9.59 Å². The topological polar surface area (TPSA) is 67.8 Å². The minimum Gasteiger partial charge on any atom is -0.466 e. The summed E-state index contributed by atoms with van der Waals surface area (Å²) in [5.74, 6) is -0.449. The monoisotopic (exact) mass is 386 g/mol. The van der Waals surface area contributed by atoms with Gasteiger partial charge in [-0.1, -0.05) is 35.9 Å². The normalized spacial score (nSPS) is 11.1. The molecule has 1 amide bonds. The summed E-state index contributed by atoms with van der Waals surface area (Å²) in [6.07, 6.45) is 1.98. The van der Waals surface area contributed by atoms with Gasteiger partial charge in [0.1, 0.15) is 0 Å². The van der Waals surface area contributed by atoms with Crippen LogP contribution in [0, 0.1) is 0 Å². The Balaban J connectivity index is 1.87. The molecule has 0 aliphatic heterocycles. The van der Waals surface area contributed by atoms with Gasteiger partial charge in [-0.05, 0) is 62.1 Å². The SMILES string of the molecule is CCOC(=O)CCCc1ccc(C(C)=NNC(=O)c2ccc(Cl)cc2)cc1. The van der Waals surface area contributed by atoms with Crippen LogP contribution in [0.25, 0.3) is 0 Å². The molecule has 142 valence electrons. The van der Waals surface area contributed by atoms with Crippen LogP contribution in [0.15, 0.2) is 53.6 Å². The number of hydrogen-bond acceptors (Lipinski definition) is 4. The van der Waals surface area contributed by atoms with Gasteiger partial charge >= 0.3 is 5.97 Å². The third-order valence-corrected chi connectivity index (χ3v) is 4.21. The van der Waals surface area contributed by atoms with Gasteiger partial charge in [-0.15, -0.1) is 0 Å². The number of carbonyl (C=O) groups excluding carboxylic acids is 2. The number of nitrogens with zero attached hydrogens (tertiary/aromatic N) is 1. The van der Waals surface area contributed by atoms with Crippen molar-refractivity contribution in [3.63, 3.8) is 0 Å². The van der Waals surface area contributed by atoms with Gasteiger partial charge in [0.15, 0.2) is 0 Å². The van der Waals surface area contributed by atoms with Crippen molar-refractivity contribution in [3.8, 4) is 0 Å². The highest BCUT2D eigenvalue weighted by molar-refractivity contribution is 6.30. The zero-order valence-corrected chi connectivity index (χ0v) is 16.3. The molecule has 2 aromatic carbocycles. The van der Waals surface area contributed by atoms with E-state index in [9.17, 15) is 9.59 Å². The lowest BCUT2D eigenvalue weighted by molar-refractivity contribution is -0.143. The minimum absolute atomic E-state index is 0.159. The highest BCUT2D eigenvalue weighted by Crippen LogP contribution is 2.11. The highest BCUT2D eigenvalue weighted by atomic mass is 35.5. The lowest BCUT2D eigenvalue weighted by atomic mass is 10.0. The maximum atomic E-state index is 12.1. The Morgan fingerprint density at radius 1 is 1.04 bits per heavy atom. The van der Waals surface area contributed by atoms with Crippen molar-refractivity contribution in [2.45, 2.75) is 33.1 Å². The first kappa shape index (κ1) is 20.6. The molecule has 0 unspecified atom stereocenters. The number of rotatable bonds is 8. The van der Waals surface area contributed by atoms with E-state index < -0.39 is 0 Å². The number of hydrogen-bond donors (Lipinski definition) is 1. The molecule has 27 heavy (non-hydrogen) atoms. The predicted molar refractivity (Wildman–Crippen MR) is 107 cm³/mol. The molecule has 0 radical (unpaired) electrons. The van der Waals surface area contributed by atoms with Crippen LogP contribution in [0.3, 0.4) is 0 Å². The molecule has 0 aliphatic rings. The fourth-order valence-corrected chi connectivity index (χ4v) is 2.57. The molecule has 0 bridgehead atoms. The Kier molecular flexibility index (Phi) is 8.01. The number of aryl methyl sites for hydroxylation is 1. The largest absolute Gasteiger partial charge is 0.466 e. The van der Waals surface area contributed by atoms with Crippen molar-refractivity contribution >= 4 is 29.2 Å². The van der Waals surface area contributed by atoms with Crippen molar-refractivity contribution in [1.29, 1.82) is 0 Å². The van der Waals surface area contributed by atoms with Crippen molar-refractivity contribution < 1.29 is 14.3 Å². The van der Waals surface area contributed by atoms with Gasteiger partial charge in [0, 0.05) is 17.0 Å². The number of halogens is 1. The fraction of sp³-hybridized carbons (Fsp3) is 0.286. The zero-order valence-electron chi connectivity index (χ0n) is 15.5. The Morgan fingerprint density at radius 2 is 1.67 bits per heavy atom. The summed E-state index contributed by atoms with van der Waals surface area (Å²) in [6, 6.07) is 14.5. The molecule has 2 aromatic rings. The second kappa shape index (κ2) is 10.5. The summed E-state index contributed by atoms with van der Waals surface area (Å²) < 4.78 is 4.92. The van der Waals surface area contributed by atoms with Crippen LogP contribution in [0.5, 0.6) is 0 Å². The number of carbonyl (C=O) groups is 2. The van der Waals surface area contributed by atoms with E-state index in [0.29, 0.717) is 29.3 Å². The number of hydrazone groups is 1. The van der Waals surface area contributed by atoms with Crippen LogP contribution in [0.2, 0.25) is 5.02 Å². The third-order valence-electron chi connectivity index (χ3n) is 3.95. The van der Waals surface area contributed by atoms with Crippen LogP contribution in [0.1, 0.15) is 48.2 Å². The van der Waals surface area contributed by atoms with E-state index in [1.807, 2.05) is 31.2 Å². The van der Waals surface area contributed by atoms with Gasteiger partial charge in [0.05, 0.1) is 12.3 Å². The van der Waals surface area contributed by atoms with Crippen molar-refractivity contribution in [2.24, 2.45) is 5.10 Å². The molecule has 5 nitrogen and oxygen atoms in total. The maximum absolute atomic E-state index is 12.1. The first-order valence-electron chi connectivity index (χ1n) is 8.84. The molecular weight excluding hydrogens is 364 g/mol. The maximum Gasteiger partial charge on any atom is 0.305 e. The Bertz CT molecular complexity index is 799. The van der Waals surface area contributed by atoms with Gasteiger partial charge in [-0.2, -0.15) is 5.10 Å². The van der Waals surface area contributed by atoms with Gasteiger partial charge in [0.25, 0.3) is 5.91 Å². The Morgan fingerprint density at radius 3 is 2.30 bits per heavy atom. The lowest BCUT2D eigenvalue weighted by Crippen LogP contribution is -2.19. The van der Waals surface area contributed by atoms with Crippen LogP contribution < -0.4 is 5.43 Å². The van der Waals surface area contributed by atoms with E-state index in [1.165, 1.54) is 0 Å². The first-order chi connectivity index (χ1) is 13.0. The molecular formula is C21H23ClN2O3. The lowest BCUT2D eigenvalue weighted by Gasteiger charge is -2.06. The van der Waals surface area contributed by atoms with Crippen molar-refractivity contribution in [3.05, 3.63) is 70.2 Å². The molecule has 0 aromatic heterocycles. The molecule has 0 aliphatic carbocycles. The van der Waals surface area contributed by atoms with E-state index in [0.717, 1.165) is 24.0 Å². The van der Waals surface area contributed by atoms with E-state index in [4.69, 9.17) is 16.3 Å². The Labute approximate surface area is 164 Å². The van der Waals surface area contributed by atoms with Crippen LogP contribution in [-0.2, 0) is 16.0 Å². The molecule has 0 fully saturated rings. The molecule has 6 heteroatoms. The molecule has 2 rings (SSSR count). The molecule has 0 spiro atoms. The molecule has 0 atom stereocenters. The van der Waals surface area contributed by atoms with Crippen LogP contribution in [0.4, 0.5) is 0 Å². The summed E-state index contributed by atoms with van der Waals surface area (Å²) in [7, 11) is 0. The van der Waals surface area contributed by atoms with Gasteiger partial charge in [0.2, 0.25) is 0 Å². The molecule has 0 saturated heterocycles. The summed E-state index contributed by atoms with van der Waals surface area (Å²) in [6.45, 7) is 4.05. The quantitative estimate of drug-likeness (QED) is 0.416. The average molecular weight is 387 g/mol. The number of nitrogens with one attached hydrogen (secondary N) is 1. The average Bonchev–Trinajstić information content (AvgIpc) is 2.67. The molecule has 1 N–H and O–H groups in total. The van der Waals surface area contributed by atoms with Gasteiger partial charge in [-0.25, -0.2) is 5.43 Å². The summed E-state index contributed by atoms with van der Waals surface area (Å²) >= 11 is 5.82. The van der Waals surface area contributed by atoms with E-state index in [-0.39, 0.29) is 11.9 Å². The van der Waals surface area contributed by atoms with E-state index in [1.54, 1.807) is 31.2 Å². The Hall–Kier alpha value is -2.66. The van der Waals surface area contributed by atoms with Gasteiger partial charge < -0.3 is 4.74 Å².